The molecule has 0 atom stereocenters. The highest BCUT2D eigenvalue weighted by Gasteiger charge is 2.29. The first-order valence-electron chi connectivity index (χ1n) is 4.16. The Balaban J connectivity index is 2.64. The molecule has 0 spiro atoms. The SMILES string of the molecule is N#Cc1ccc(C(=O)CSC(F)(F)F)cc1. The number of carbonyl (C=O) groups excluding carboxylic acids is 1. The fraction of sp³-hybridized carbons (Fsp3) is 0.200. The Labute approximate surface area is 94.1 Å². The monoisotopic (exact) mass is 245 g/mol. The summed E-state index contributed by atoms with van der Waals surface area (Å²) in [5.74, 6) is -1.25. The van der Waals surface area contributed by atoms with E-state index in [1.807, 2.05) is 6.07 Å². The van der Waals surface area contributed by atoms with Crippen LogP contribution < -0.4 is 0 Å². The summed E-state index contributed by atoms with van der Waals surface area (Å²) < 4.78 is 35.5. The molecule has 0 saturated heterocycles. The lowest BCUT2D eigenvalue weighted by Crippen LogP contribution is -2.09. The van der Waals surface area contributed by atoms with Crippen LogP contribution in [-0.4, -0.2) is 17.0 Å². The molecule has 2 nitrogen and oxygen atoms in total. The van der Waals surface area contributed by atoms with E-state index in [1.165, 1.54) is 24.3 Å². The van der Waals surface area contributed by atoms with Crippen LogP contribution in [0, 0.1) is 11.3 Å². The number of benzene rings is 1. The highest BCUT2D eigenvalue weighted by Crippen LogP contribution is 2.30. The molecule has 0 amide bonds. The summed E-state index contributed by atoms with van der Waals surface area (Å²) in [5, 5.41) is 8.49. The highest BCUT2D eigenvalue weighted by molar-refractivity contribution is 8.00. The van der Waals surface area contributed by atoms with Crippen molar-refractivity contribution in [3.05, 3.63) is 35.4 Å². The van der Waals surface area contributed by atoms with Gasteiger partial charge in [-0.2, -0.15) is 18.4 Å². The smallest absolute Gasteiger partial charge is 0.293 e. The Kier molecular flexibility index (Phi) is 3.96. The number of ketones is 1. The van der Waals surface area contributed by atoms with Gasteiger partial charge in [-0.25, -0.2) is 0 Å². The largest absolute Gasteiger partial charge is 0.442 e. The molecule has 16 heavy (non-hydrogen) atoms. The van der Waals surface area contributed by atoms with Crippen LogP contribution in [0.15, 0.2) is 24.3 Å². The van der Waals surface area contributed by atoms with Gasteiger partial charge in [-0.1, -0.05) is 12.1 Å². The van der Waals surface area contributed by atoms with Crippen molar-refractivity contribution in [1.29, 1.82) is 5.26 Å². The Morgan fingerprint density at radius 3 is 2.31 bits per heavy atom. The van der Waals surface area contributed by atoms with Gasteiger partial charge in [-0.3, -0.25) is 4.79 Å². The summed E-state index contributed by atoms with van der Waals surface area (Å²) in [6.45, 7) is 0. The number of hydrogen-bond donors (Lipinski definition) is 0. The summed E-state index contributed by atoms with van der Waals surface area (Å²) in [4.78, 5) is 11.3. The first kappa shape index (κ1) is 12.6. The van der Waals surface area contributed by atoms with Crippen molar-refractivity contribution in [2.45, 2.75) is 5.51 Å². The van der Waals surface area contributed by atoms with Crippen molar-refractivity contribution < 1.29 is 18.0 Å². The van der Waals surface area contributed by atoms with Crippen LogP contribution in [-0.2, 0) is 0 Å². The van der Waals surface area contributed by atoms with E-state index in [4.69, 9.17) is 5.26 Å². The van der Waals surface area contributed by atoms with Gasteiger partial charge in [0.25, 0.3) is 0 Å². The third-order valence-corrected chi connectivity index (χ3v) is 2.44. The summed E-state index contributed by atoms with van der Waals surface area (Å²) >= 11 is -0.368. The Morgan fingerprint density at radius 1 is 1.31 bits per heavy atom. The topological polar surface area (TPSA) is 40.9 Å². The van der Waals surface area contributed by atoms with Crippen LogP contribution in [0.1, 0.15) is 15.9 Å². The second-order valence-electron chi connectivity index (χ2n) is 2.85. The van der Waals surface area contributed by atoms with Gasteiger partial charge >= 0.3 is 5.51 Å². The second kappa shape index (κ2) is 5.03. The maximum absolute atomic E-state index is 11.8. The van der Waals surface area contributed by atoms with Crippen LogP contribution in [0.3, 0.4) is 0 Å². The van der Waals surface area contributed by atoms with E-state index in [9.17, 15) is 18.0 Å². The molecule has 0 aliphatic carbocycles. The predicted molar refractivity (Wildman–Crippen MR) is 54.0 cm³/mol. The van der Waals surface area contributed by atoms with Crippen molar-refractivity contribution in [2.75, 3.05) is 5.75 Å². The van der Waals surface area contributed by atoms with Gasteiger partial charge in [-0.05, 0) is 23.9 Å². The minimum Gasteiger partial charge on any atom is -0.293 e. The van der Waals surface area contributed by atoms with Crippen LogP contribution in [0.25, 0.3) is 0 Å². The molecule has 0 aliphatic heterocycles. The van der Waals surface area contributed by atoms with Gasteiger partial charge in [-0.15, -0.1) is 0 Å². The third-order valence-electron chi connectivity index (χ3n) is 1.70. The lowest BCUT2D eigenvalue weighted by Gasteiger charge is -2.04. The van der Waals surface area contributed by atoms with E-state index in [0.717, 1.165) is 0 Å². The van der Waals surface area contributed by atoms with Crippen LogP contribution >= 0.6 is 11.8 Å². The normalized spacial score (nSPS) is 10.9. The average Bonchev–Trinajstić information content (AvgIpc) is 2.25. The molecule has 0 aliphatic rings. The van der Waals surface area contributed by atoms with E-state index >= 15 is 0 Å². The molecule has 0 radical (unpaired) electrons. The van der Waals surface area contributed by atoms with Gasteiger partial charge in [0, 0.05) is 5.56 Å². The molecule has 1 rings (SSSR count). The van der Waals surface area contributed by atoms with Gasteiger partial charge < -0.3 is 0 Å². The highest BCUT2D eigenvalue weighted by atomic mass is 32.2. The number of thioether (sulfide) groups is 1. The van der Waals surface area contributed by atoms with Crippen molar-refractivity contribution in [3.8, 4) is 6.07 Å². The van der Waals surface area contributed by atoms with Crippen molar-refractivity contribution in [2.24, 2.45) is 0 Å². The van der Waals surface area contributed by atoms with Crippen molar-refractivity contribution in [3.63, 3.8) is 0 Å². The molecule has 6 heteroatoms. The molecule has 0 bridgehead atoms. The average molecular weight is 245 g/mol. The van der Waals surface area contributed by atoms with Crippen molar-refractivity contribution in [1.82, 2.24) is 0 Å². The number of nitriles is 1. The maximum Gasteiger partial charge on any atom is 0.442 e. The second-order valence-corrected chi connectivity index (χ2v) is 3.89. The summed E-state index contributed by atoms with van der Waals surface area (Å²) in [7, 11) is 0. The maximum atomic E-state index is 11.8. The molecular formula is C10H6F3NOS. The number of halogens is 3. The molecule has 1 aromatic rings. The van der Waals surface area contributed by atoms with E-state index < -0.39 is 17.0 Å². The van der Waals surface area contributed by atoms with Gasteiger partial charge in [0.15, 0.2) is 5.78 Å². The molecule has 0 unspecified atom stereocenters. The first-order chi connectivity index (χ1) is 7.42. The lowest BCUT2D eigenvalue weighted by molar-refractivity contribution is -0.0327. The number of carbonyl (C=O) groups is 1. The van der Waals surface area contributed by atoms with E-state index in [2.05, 4.69) is 0 Å². The Bertz CT molecular complexity index is 419. The molecular weight excluding hydrogens is 239 g/mol. The zero-order chi connectivity index (χ0) is 12.2. The number of Topliss-reactive ketones (excluding diaryl/α,β-unsaturated/α-hetero) is 1. The fourth-order valence-electron chi connectivity index (χ4n) is 0.961. The Morgan fingerprint density at radius 2 is 1.88 bits per heavy atom. The minimum absolute atomic E-state index is 0.177. The molecule has 0 fully saturated rings. The lowest BCUT2D eigenvalue weighted by atomic mass is 10.1. The third kappa shape index (κ3) is 3.95. The zero-order valence-electron chi connectivity index (χ0n) is 7.91. The van der Waals surface area contributed by atoms with Crippen molar-refractivity contribution >= 4 is 17.5 Å². The van der Waals surface area contributed by atoms with E-state index in [-0.39, 0.29) is 17.3 Å². The molecule has 84 valence electrons. The molecule has 0 saturated carbocycles. The number of hydrogen-bond acceptors (Lipinski definition) is 3. The summed E-state index contributed by atoms with van der Waals surface area (Å²) in [6.07, 6.45) is 0. The van der Waals surface area contributed by atoms with Crippen LogP contribution in [0.4, 0.5) is 13.2 Å². The van der Waals surface area contributed by atoms with E-state index in [0.29, 0.717) is 5.56 Å². The summed E-state index contributed by atoms with van der Waals surface area (Å²) in [5.41, 5.74) is -3.86. The summed E-state index contributed by atoms with van der Waals surface area (Å²) in [6, 6.07) is 7.33. The predicted octanol–water partition coefficient (Wildman–Crippen LogP) is 2.99. The van der Waals surface area contributed by atoms with E-state index in [1.54, 1.807) is 0 Å². The number of alkyl halides is 3. The number of nitrogens with zero attached hydrogens (tertiary/aromatic N) is 1. The molecule has 0 heterocycles. The standard InChI is InChI=1S/C10H6F3NOS/c11-10(12,13)16-6-9(15)8-3-1-7(5-14)2-4-8/h1-4H,6H2. The van der Waals surface area contributed by atoms with Crippen LogP contribution in [0.2, 0.25) is 0 Å². The van der Waals surface area contributed by atoms with Gasteiger partial charge in [0.2, 0.25) is 0 Å². The number of rotatable bonds is 3. The quantitative estimate of drug-likeness (QED) is 0.768. The molecule has 0 aromatic heterocycles. The minimum atomic E-state index is -4.40. The Hall–Kier alpha value is -1.48. The molecule has 0 N–H and O–H groups in total. The van der Waals surface area contributed by atoms with Gasteiger partial charge in [0.1, 0.15) is 0 Å². The van der Waals surface area contributed by atoms with Crippen LogP contribution in [0.5, 0.6) is 0 Å². The first-order valence-corrected chi connectivity index (χ1v) is 5.15. The zero-order valence-corrected chi connectivity index (χ0v) is 8.73. The molecule has 1 aromatic carbocycles. The fourth-order valence-corrected chi connectivity index (χ4v) is 1.42. The van der Waals surface area contributed by atoms with Gasteiger partial charge in [0.05, 0.1) is 17.4 Å².